The topological polar surface area (TPSA) is 45.5 Å². The van der Waals surface area contributed by atoms with Crippen LogP contribution in [0.3, 0.4) is 0 Å². The monoisotopic (exact) mass is 505 g/mol. The number of aryl methyl sites for hydroxylation is 1. The lowest BCUT2D eigenvalue weighted by Crippen LogP contribution is -2.38. The average molecular weight is 506 g/mol. The number of halogens is 2. The highest BCUT2D eigenvalue weighted by molar-refractivity contribution is 14.0. The van der Waals surface area contributed by atoms with Crippen molar-refractivity contribution >= 4 is 45.9 Å². The summed E-state index contributed by atoms with van der Waals surface area (Å²) >= 11 is 3.60. The highest BCUT2D eigenvalue weighted by Crippen LogP contribution is 2.17. The number of nitrogens with zero attached hydrogens (tertiary/aromatic N) is 4. The number of aromatic nitrogens is 2. The molecule has 24 heavy (non-hydrogen) atoms. The zero-order chi connectivity index (χ0) is 16.7. The number of rotatable bonds is 6. The molecule has 132 valence electrons. The molecule has 0 atom stereocenters. The lowest BCUT2D eigenvalue weighted by molar-refractivity contribution is 0.476. The predicted octanol–water partition coefficient (Wildman–Crippen LogP) is 3.44. The van der Waals surface area contributed by atoms with Crippen LogP contribution >= 0.6 is 39.9 Å². The minimum atomic E-state index is 0. The molecule has 0 spiro atoms. The van der Waals surface area contributed by atoms with Crippen molar-refractivity contribution in [2.75, 3.05) is 20.1 Å². The number of hydrogen-bond acceptors (Lipinski definition) is 2. The molecule has 1 aromatic heterocycles. The van der Waals surface area contributed by atoms with Crippen LogP contribution in [0.2, 0.25) is 0 Å². The van der Waals surface area contributed by atoms with E-state index in [1.54, 1.807) is 0 Å². The minimum absolute atomic E-state index is 0. The van der Waals surface area contributed by atoms with Gasteiger partial charge in [-0.25, -0.2) is 0 Å². The second-order valence-corrected chi connectivity index (χ2v) is 6.31. The fourth-order valence-electron chi connectivity index (χ4n) is 2.32. The number of benzene rings is 1. The SMILES string of the molecule is CCNC(=NCCc1cnn(C)c1)N(C)Cc1ccccc1Br.I. The van der Waals surface area contributed by atoms with E-state index in [1.807, 2.05) is 30.2 Å². The first-order chi connectivity index (χ1) is 11.1. The van der Waals surface area contributed by atoms with Crippen LogP contribution in [-0.2, 0) is 20.0 Å². The third-order valence-corrected chi connectivity index (χ3v) is 4.26. The van der Waals surface area contributed by atoms with E-state index in [1.165, 1.54) is 11.1 Å². The normalized spacial score (nSPS) is 11.1. The fourth-order valence-corrected chi connectivity index (χ4v) is 2.73. The van der Waals surface area contributed by atoms with E-state index in [0.29, 0.717) is 0 Å². The molecule has 0 saturated carbocycles. The van der Waals surface area contributed by atoms with Gasteiger partial charge in [0.15, 0.2) is 5.96 Å². The van der Waals surface area contributed by atoms with E-state index < -0.39 is 0 Å². The molecule has 0 bridgehead atoms. The van der Waals surface area contributed by atoms with Crippen LogP contribution < -0.4 is 5.32 Å². The lowest BCUT2D eigenvalue weighted by Gasteiger charge is -2.22. The van der Waals surface area contributed by atoms with Gasteiger partial charge >= 0.3 is 0 Å². The summed E-state index contributed by atoms with van der Waals surface area (Å²) in [6.45, 7) is 4.49. The first-order valence-corrected chi connectivity index (χ1v) is 8.59. The second kappa shape index (κ2) is 10.7. The molecule has 0 fully saturated rings. The van der Waals surface area contributed by atoms with Crippen LogP contribution in [-0.4, -0.2) is 40.8 Å². The van der Waals surface area contributed by atoms with Gasteiger partial charge in [0.05, 0.1) is 6.20 Å². The molecule has 1 aromatic carbocycles. The molecule has 1 heterocycles. The van der Waals surface area contributed by atoms with Gasteiger partial charge in [-0.05, 0) is 30.5 Å². The second-order valence-electron chi connectivity index (χ2n) is 5.46. The van der Waals surface area contributed by atoms with Crippen LogP contribution in [0.25, 0.3) is 0 Å². The maximum Gasteiger partial charge on any atom is 0.193 e. The Morgan fingerprint density at radius 3 is 2.75 bits per heavy atom. The highest BCUT2D eigenvalue weighted by atomic mass is 127. The number of hydrogen-bond donors (Lipinski definition) is 1. The van der Waals surface area contributed by atoms with E-state index >= 15 is 0 Å². The van der Waals surface area contributed by atoms with E-state index in [-0.39, 0.29) is 24.0 Å². The third kappa shape index (κ3) is 6.43. The average Bonchev–Trinajstić information content (AvgIpc) is 2.94. The molecule has 5 nitrogen and oxygen atoms in total. The van der Waals surface area contributed by atoms with Gasteiger partial charge in [0, 0.05) is 44.4 Å². The Morgan fingerprint density at radius 1 is 1.38 bits per heavy atom. The van der Waals surface area contributed by atoms with Gasteiger partial charge in [0.1, 0.15) is 0 Å². The molecular weight excluding hydrogens is 481 g/mol. The van der Waals surface area contributed by atoms with Crippen LogP contribution in [0.1, 0.15) is 18.1 Å². The van der Waals surface area contributed by atoms with Crippen LogP contribution in [0.5, 0.6) is 0 Å². The Bertz CT molecular complexity index is 656. The van der Waals surface area contributed by atoms with Crippen LogP contribution in [0, 0.1) is 0 Å². The number of nitrogens with one attached hydrogen (secondary N) is 1. The zero-order valence-electron chi connectivity index (χ0n) is 14.4. The summed E-state index contributed by atoms with van der Waals surface area (Å²) in [4.78, 5) is 6.87. The summed E-state index contributed by atoms with van der Waals surface area (Å²) in [6.07, 6.45) is 4.83. The van der Waals surface area contributed by atoms with Crippen molar-refractivity contribution in [2.45, 2.75) is 19.9 Å². The molecule has 1 N–H and O–H groups in total. The number of guanidine groups is 1. The van der Waals surface area contributed by atoms with Gasteiger partial charge in [-0.1, -0.05) is 34.1 Å². The minimum Gasteiger partial charge on any atom is -0.357 e. The summed E-state index contributed by atoms with van der Waals surface area (Å²) < 4.78 is 2.95. The molecule has 2 aromatic rings. The Balaban J connectivity index is 0.00000288. The first kappa shape index (κ1) is 21.0. The third-order valence-electron chi connectivity index (χ3n) is 3.48. The lowest BCUT2D eigenvalue weighted by atomic mass is 10.2. The molecule has 0 radical (unpaired) electrons. The summed E-state index contributed by atoms with van der Waals surface area (Å²) in [5, 5.41) is 7.54. The van der Waals surface area contributed by atoms with Crippen molar-refractivity contribution in [3.05, 3.63) is 52.3 Å². The van der Waals surface area contributed by atoms with E-state index in [4.69, 9.17) is 4.99 Å². The van der Waals surface area contributed by atoms with Gasteiger partial charge < -0.3 is 10.2 Å². The Morgan fingerprint density at radius 2 is 2.12 bits per heavy atom. The Labute approximate surface area is 169 Å². The number of aliphatic imine (C=N–C) groups is 1. The van der Waals surface area contributed by atoms with Crippen molar-refractivity contribution in [1.29, 1.82) is 0 Å². The van der Waals surface area contributed by atoms with Crippen molar-refractivity contribution < 1.29 is 0 Å². The molecule has 2 rings (SSSR count). The molecule has 0 aliphatic rings. The maximum atomic E-state index is 4.72. The highest BCUT2D eigenvalue weighted by Gasteiger charge is 2.08. The maximum absolute atomic E-state index is 4.72. The summed E-state index contributed by atoms with van der Waals surface area (Å²) in [5.41, 5.74) is 2.45. The summed E-state index contributed by atoms with van der Waals surface area (Å²) in [7, 11) is 3.99. The van der Waals surface area contributed by atoms with Gasteiger partial charge in [-0.15, -0.1) is 24.0 Å². The molecule has 0 saturated heterocycles. The standard InChI is InChI=1S/C17H24BrN5.HI/c1-4-19-17(20-10-9-14-11-21-23(3)12-14)22(2)13-15-7-5-6-8-16(15)18;/h5-8,11-12H,4,9-10,13H2,1-3H3,(H,19,20);1H. The van der Waals surface area contributed by atoms with Gasteiger partial charge in [0.2, 0.25) is 0 Å². The molecule has 0 unspecified atom stereocenters. The van der Waals surface area contributed by atoms with Gasteiger partial charge in [0.25, 0.3) is 0 Å². The van der Waals surface area contributed by atoms with E-state index in [0.717, 1.165) is 36.5 Å². The van der Waals surface area contributed by atoms with Crippen molar-refractivity contribution in [1.82, 2.24) is 20.0 Å². The van der Waals surface area contributed by atoms with E-state index in [9.17, 15) is 0 Å². The van der Waals surface area contributed by atoms with E-state index in [2.05, 4.69) is 63.4 Å². The Hall–Kier alpha value is -1.09. The van der Waals surface area contributed by atoms with Crippen LogP contribution in [0.4, 0.5) is 0 Å². The molecule has 0 aliphatic carbocycles. The molecule has 0 aliphatic heterocycles. The smallest absolute Gasteiger partial charge is 0.193 e. The van der Waals surface area contributed by atoms with Crippen LogP contribution in [0.15, 0.2) is 46.1 Å². The summed E-state index contributed by atoms with van der Waals surface area (Å²) in [5.74, 6) is 0.923. The quantitative estimate of drug-likeness (QED) is 0.371. The van der Waals surface area contributed by atoms with Crippen molar-refractivity contribution in [2.24, 2.45) is 12.0 Å². The predicted molar refractivity (Wildman–Crippen MR) is 114 cm³/mol. The summed E-state index contributed by atoms with van der Waals surface area (Å²) in [6, 6.07) is 8.27. The zero-order valence-corrected chi connectivity index (χ0v) is 18.3. The molecule has 0 amide bonds. The first-order valence-electron chi connectivity index (χ1n) is 7.80. The van der Waals surface area contributed by atoms with Gasteiger partial charge in [-0.2, -0.15) is 5.10 Å². The Kier molecular flexibility index (Phi) is 9.35. The molecular formula is C17H25BrIN5. The largest absolute Gasteiger partial charge is 0.357 e. The van der Waals surface area contributed by atoms with Crippen molar-refractivity contribution in [3.8, 4) is 0 Å². The molecule has 7 heteroatoms. The fraction of sp³-hybridized carbons (Fsp3) is 0.412. The van der Waals surface area contributed by atoms with Gasteiger partial charge in [-0.3, -0.25) is 9.67 Å². The van der Waals surface area contributed by atoms with Crippen molar-refractivity contribution in [3.63, 3.8) is 0 Å².